The lowest BCUT2D eigenvalue weighted by Gasteiger charge is -2.18. The van der Waals surface area contributed by atoms with Gasteiger partial charge in [0.1, 0.15) is 5.75 Å². The largest absolute Gasteiger partial charge is 0.492 e. The van der Waals surface area contributed by atoms with E-state index >= 15 is 0 Å². The van der Waals surface area contributed by atoms with Gasteiger partial charge in [0.2, 0.25) is 0 Å². The highest BCUT2D eigenvalue weighted by Gasteiger charge is 2.43. The molecule has 0 radical (unpaired) electrons. The number of nitrogens with zero attached hydrogens (tertiary/aromatic N) is 1. The van der Waals surface area contributed by atoms with Crippen LogP contribution < -0.4 is 10.5 Å². The molecular weight excluding hydrogens is 304 g/mol. The van der Waals surface area contributed by atoms with Crippen molar-refractivity contribution < 1.29 is 4.74 Å². The lowest BCUT2D eigenvalue weighted by atomic mass is 10.0. The Balaban J connectivity index is 2.13. The van der Waals surface area contributed by atoms with Crippen LogP contribution in [0.2, 0.25) is 0 Å². The highest BCUT2D eigenvalue weighted by Crippen LogP contribution is 2.49. The number of ether oxygens (including phenoxy) is 1. The van der Waals surface area contributed by atoms with E-state index < -0.39 is 0 Å². The molecule has 0 atom stereocenters. The quantitative estimate of drug-likeness (QED) is 0.873. The molecule has 1 aromatic carbocycles. The summed E-state index contributed by atoms with van der Waals surface area (Å²) in [4.78, 5) is 0. The Labute approximate surface area is 122 Å². The Bertz CT molecular complexity index is 504. The first-order valence-electron chi connectivity index (χ1n) is 6.59. The number of halogens is 1. The van der Waals surface area contributed by atoms with E-state index in [1.54, 1.807) is 0 Å². The molecule has 0 amide bonds. The molecule has 1 aliphatic carbocycles. The molecule has 0 heterocycles. The zero-order valence-electron chi connectivity index (χ0n) is 11.2. The van der Waals surface area contributed by atoms with Crippen LogP contribution in [0.25, 0.3) is 0 Å². The summed E-state index contributed by atoms with van der Waals surface area (Å²) in [6.45, 7) is 3.29. The van der Waals surface area contributed by atoms with Gasteiger partial charge in [0.25, 0.3) is 0 Å². The molecule has 0 aliphatic heterocycles. The van der Waals surface area contributed by atoms with E-state index in [9.17, 15) is 0 Å². The Morgan fingerprint density at radius 3 is 2.79 bits per heavy atom. The summed E-state index contributed by atoms with van der Waals surface area (Å²) < 4.78 is 7.08. The van der Waals surface area contributed by atoms with Crippen molar-refractivity contribution in [2.45, 2.75) is 32.6 Å². The minimum absolute atomic E-state index is 0.105. The number of benzene rings is 1. The van der Waals surface area contributed by atoms with Gasteiger partial charge in [-0.2, -0.15) is 5.26 Å². The van der Waals surface area contributed by atoms with E-state index in [4.69, 9.17) is 15.7 Å². The molecule has 1 aromatic rings. The third-order valence-corrected chi connectivity index (χ3v) is 4.12. The van der Waals surface area contributed by atoms with Crippen molar-refractivity contribution in [2.75, 3.05) is 13.2 Å². The maximum Gasteiger partial charge on any atom is 0.125 e. The number of hydrogen-bond donors (Lipinski definition) is 1. The number of aryl methyl sites for hydroxylation is 1. The highest BCUT2D eigenvalue weighted by molar-refractivity contribution is 9.10. The van der Waals surface area contributed by atoms with Gasteiger partial charge in [-0.15, -0.1) is 0 Å². The topological polar surface area (TPSA) is 59.0 Å². The lowest BCUT2D eigenvalue weighted by Crippen LogP contribution is -2.14. The molecular formula is C15H19BrN2O. The second-order valence-electron chi connectivity index (χ2n) is 5.37. The number of nitriles is 1. The van der Waals surface area contributed by atoms with E-state index in [0.717, 1.165) is 40.6 Å². The van der Waals surface area contributed by atoms with Gasteiger partial charge in [-0.1, -0.05) is 15.9 Å². The third kappa shape index (κ3) is 3.49. The van der Waals surface area contributed by atoms with Gasteiger partial charge in [0.05, 0.1) is 12.7 Å². The molecule has 102 valence electrons. The van der Waals surface area contributed by atoms with Gasteiger partial charge in [-0.05, 0) is 56.0 Å². The molecule has 1 saturated carbocycles. The van der Waals surface area contributed by atoms with E-state index in [2.05, 4.69) is 34.1 Å². The van der Waals surface area contributed by atoms with Crippen LogP contribution in [0.1, 0.15) is 30.4 Å². The second kappa shape index (κ2) is 5.94. The minimum Gasteiger partial charge on any atom is -0.492 e. The predicted octanol–water partition coefficient (Wildman–Crippen LogP) is 3.33. The monoisotopic (exact) mass is 322 g/mol. The average Bonchev–Trinajstić information content (AvgIpc) is 3.09. The van der Waals surface area contributed by atoms with Crippen molar-refractivity contribution in [3.8, 4) is 11.8 Å². The summed E-state index contributed by atoms with van der Waals surface area (Å²) >= 11 is 3.51. The van der Waals surface area contributed by atoms with E-state index in [1.165, 1.54) is 0 Å². The van der Waals surface area contributed by atoms with Crippen LogP contribution in [0, 0.1) is 23.7 Å². The Kier molecular flexibility index (Phi) is 4.49. The maximum atomic E-state index is 8.84. The molecule has 4 heteroatoms. The lowest BCUT2D eigenvalue weighted by molar-refractivity contribution is 0.233. The van der Waals surface area contributed by atoms with Gasteiger partial charge in [-0.25, -0.2) is 0 Å². The molecule has 3 nitrogen and oxygen atoms in total. The third-order valence-electron chi connectivity index (χ3n) is 3.66. The molecule has 0 spiro atoms. The van der Waals surface area contributed by atoms with Crippen LogP contribution in [0.4, 0.5) is 0 Å². The fraction of sp³-hybridized carbons (Fsp3) is 0.533. The Hall–Kier alpha value is -1.05. The molecule has 1 aliphatic rings. The number of nitrogens with two attached hydrogens (primary N) is 1. The average molecular weight is 323 g/mol. The van der Waals surface area contributed by atoms with Gasteiger partial charge in [0, 0.05) is 16.3 Å². The summed E-state index contributed by atoms with van der Waals surface area (Å²) in [5.74, 6) is 0.942. The first kappa shape index (κ1) is 14.4. The molecule has 0 bridgehead atoms. The SMILES string of the molecule is Cc1cc(Br)cc(CCN)c1OCC1(CC#N)CC1. The van der Waals surface area contributed by atoms with Crippen LogP contribution in [0.15, 0.2) is 16.6 Å². The normalized spacial score (nSPS) is 15.9. The molecule has 0 saturated heterocycles. The molecule has 1 fully saturated rings. The highest BCUT2D eigenvalue weighted by atomic mass is 79.9. The minimum atomic E-state index is 0.105. The van der Waals surface area contributed by atoms with Crippen molar-refractivity contribution in [1.29, 1.82) is 5.26 Å². The van der Waals surface area contributed by atoms with Gasteiger partial charge in [0.15, 0.2) is 0 Å². The number of hydrogen-bond acceptors (Lipinski definition) is 3. The predicted molar refractivity (Wildman–Crippen MR) is 79.0 cm³/mol. The zero-order valence-corrected chi connectivity index (χ0v) is 12.8. The smallest absolute Gasteiger partial charge is 0.125 e. The molecule has 0 aromatic heterocycles. The standard InChI is InChI=1S/C15H19BrN2O/c1-11-8-13(16)9-12(2-6-17)14(11)19-10-15(3-4-15)5-7-18/h8-9H,2-6,10,17H2,1H3. The van der Waals surface area contributed by atoms with Crippen molar-refractivity contribution in [1.82, 2.24) is 0 Å². The summed E-state index contributed by atoms with van der Waals surface area (Å²) in [7, 11) is 0. The first-order valence-corrected chi connectivity index (χ1v) is 7.38. The van der Waals surface area contributed by atoms with Gasteiger partial charge in [-0.3, -0.25) is 0 Å². The van der Waals surface area contributed by atoms with Crippen LogP contribution in [-0.2, 0) is 6.42 Å². The van der Waals surface area contributed by atoms with E-state index in [1.807, 2.05) is 6.92 Å². The van der Waals surface area contributed by atoms with E-state index in [-0.39, 0.29) is 5.41 Å². The Morgan fingerprint density at radius 2 is 2.21 bits per heavy atom. The van der Waals surface area contributed by atoms with E-state index in [0.29, 0.717) is 19.6 Å². The number of rotatable bonds is 6. The summed E-state index contributed by atoms with van der Waals surface area (Å²) in [5, 5.41) is 8.84. The van der Waals surface area contributed by atoms with Crippen LogP contribution in [-0.4, -0.2) is 13.2 Å². The fourth-order valence-electron chi connectivity index (χ4n) is 2.29. The maximum absolute atomic E-state index is 8.84. The van der Waals surface area contributed by atoms with Crippen LogP contribution in [0.5, 0.6) is 5.75 Å². The molecule has 2 N–H and O–H groups in total. The zero-order chi connectivity index (χ0) is 13.9. The van der Waals surface area contributed by atoms with Crippen molar-refractivity contribution in [3.63, 3.8) is 0 Å². The molecule has 19 heavy (non-hydrogen) atoms. The van der Waals surface area contributed by atoms with Crippen molar-refractivity contribution in [3.05, 3.63) is 27.7 Å². The van der Waals surface area contributed by atoms with Crippen molar-refractivity contribution >= 4 is 15.9 Å². The Morgan fingerprint density at radius 1 is 1.47 bits per heavy atom. The van der Waals surface area contributed by atoms with Crippen LogP contribution in [0.3, 0.4) is 0 Å². The second-order valence-corrected chi connectivity index (χ2v) is 6.29. The summed E-state index contributed by atoms with van der Waals surface area (Å²) in [6, 6.07) is 6.39. The molecule has 0 unspecified atom stereocenters. The van der Waals surface area contributed by atoms with Gasteiger partial charge < -0.3 is 10.5 Å². The van der Waals surface area contributed by atoms with Crippen molar-refractivity contribution in [2.24, 2.45) is 11.1 Å². The fourth-order valence-corrected chi connectivity index (χ4v) is 2.91. The summed E-state index contributed by atoms with van der Waals surface area (Å²) in [6.07, 6.45) is 3.60. The van der Waals surface area contributed by atoms with Crippen LogP contribution >= 0.6 is 15.9 Å². The summed E-state index contributed by atoms with van der Waals surface area (Å²) in [5.41, 5.74) is 8.02. The first-order chi connectivity index (χ1) is 9.10. The van der Waals surface area contributed by atoms with Gasteiger partial charge >= 0.3 is 0 Å². The molecule has 2 rings (SSSR count).